The number of halogens is 1. The van der Waals surface area contributed by atoms with Gasteiger partial charge in [0.2, 0.25) is 17.6 Å². The minimum Gasteiger partial charge on any atom is -0.343 e. The molecule has 0 spiro atoms. The highest BCUT2D eigenvalue weighted by Gasteiger charge is 2.15. The highest BCUT2D eigenvalue weighted by Crippen LogP contribution is 2.19. The first-order chi connectivity index (χ1) is 10.2. The Kier molecular flexibility index (Phi) is 5.03. The normalized spacial score (nSPS) is 10.6. The number of hydrogen-bond donors (Lipinski definition) is 0. The van der Waals surface area contributed by atoms with E-state index in [1.807, 2.05) is 13.8 Å². The van der Waals surface area contributed by atoms with Gasteiger partial charge in [-0.15, -0.1) is 0 Å². The molecule has 0 saturated heterocycles. The lowest BCUT2D eigenvalue weighted by atomic mass is 10.2. The van der Waals surface area contributed by atoms with Crippen molar-refractivity contribution in [2.24, 2.45) is 0 Å². The first kappa shape index (κ1) is 15.2. The molecule has 112 valence electrons. The first-order valence-electron chi connectivity index (χ1n) is 7.01. The second-order valence-corrected chi connectivity index (χ2v) is 4.56. The number of nitrogens with zero attached hydrogens (tertiary/aromatic N) is 3. The Morgan fingerprint density at radius 3 is 2.67 bits per heavy atom. The predicted octanol–water partition coefficient (Wildman–Crippen LogP) is 2.68. The van der Waals surface area contributed by atoms with Crippen molar-refractivity contribution >= 4 is 5.91 Å². The van der Waals surface area contributed by atoms with Gasteiger partial charge in [0.1, 0.15) is 5.82 Å². The fourth-order valence-electron chi connectivity index (χ4n) is 2.06. The van der Waals surface area contributed by atoms with Gasteiger partial charge in [-0.2, -0.15) is 4.98 Å². The summed E-state index contributed by atoms with van der Waals surface area (Å²) in [6, 6.07) is 6.24. The van der Waals surface area contributed by atoms with Gasteiger partial charge in [-0.05, 0) is 26.0 Å². The summed E-state index contributed by atoms with van der Waals surface area (Å²) in [5.74, 6) is 0.196. The minimum absolute atomic E-state index is 0.0469. The van der Waals surface area contributed by atoms with Gasteiger partial charge in [-0.1, -0.05) is 17.3 Å². The molecule has 1 aromatic carbocycles. The Bertz CT molecular complexity index is 608. The van der Waals surface area contributed by atoms with Crippen LogP contribution in [0.2, 0.25) is 0 Å². The molecule has 0 atom stereocenters. The molecule has 0 saturated carbocycles. The van der Waals surface area contributed by atoms with Crippen LogP contribution in [-0.4, -0.2) is 34.0 Å². The molecule has 21 heavy (non-hydrogen) atoms. The number of rotatable bonds is 6. The van der Waals surface area contributed by atoms with E-state index in [1.165, 1.54) is 6.07 Å². The zero-order valence-electron chi connectivity index (χ0n) is 12.2. The third kappa shape index (κ3) is 3.65. The number of aryl methyl sites for hydroxylation is 1. The molecular formula is C15H18FN3O2. The Balaban J connectivity index is 2.01. The first-order valence-corrected chi connectivity index (χ1v) is 7.01. The maximum Gasteiger partial charge on any atom is 0.227 e. The fourth-order valence-corrected chi connectivity index (χ4v) is 2.06. The number of carbonyl (C=O) groups excluding carboxylic acids is 1. The van der Waals surface area contributed by atoms with E-state index in [0.29, 0.717) is 37.4 Å². The molecule has 0 fully saturated rings. The van der Waals surface area contributed by atoms with E-state index in [-0.39, 0.29) is 11.7 Å². The molecule has 0 bridgehead atoms. The lowest BCUT2D eigenvalue weighted by Gasteiger charge is -2.17. The Labute approximate surface area is 122 Å². The van der Waals surface area contributed by atoms with Crippen LogP contribution in [0.25, 0.3) is 11.4 Å². The minimum atomic E-state index is -0.399. The van der Waals surface area contributed by atoms with E-state index in [0.717, 1.165) is 0 Å². The third-order valence-corrected chi connectivity index (χ3v) is 3.25. The van der Waals surface area contributed by atoms with Crippen molar-refractivity contribution in [3.63, 3.8) is 0 Å². The molecule has 0 N–H and O–H groups in total. The van der Waals surface area contributed by atoms with Gasteiger partial charge in [0.25, 0.3) is 0 Å². The monoisotopic (exact) mass is 291 g/mol. The average molecular weight is 291 g/mol. The van der Waals surface area contributed by atoms with Crippen LogP contribution in [0.3, 0.4) is 0 Å². The van der Waals surface area contributed by atoms with Gasteiger partial charge in [0.05, 0.1) is 5.56 Å². The van der Waals surface area contributed by atoms with Gasteiger partial charge >= 0.3 is 0 Å². The van der Waals surface area contributed by atoms with Gasteiger partial charge in [0.15, 0.2) is 0 Å². The molecule has 1 heterocycles. The van der Waals surface area contributed by atoms with E-state index in [4.69, 9.17) is 4.52 Å². The molecule has 2 aromatic rings. The number of aromatic nitrogens is 2. The topological polar surface area (TPSA) is 59.2 Å². The highest BCUT2D eigenvalue weighted by atomic mass is 19.1. The highest BCUT2D eigenvalue weighted by molar-refractivity contribution is 5.76. The summed E-state index contributed by atoms with van der Waals surface area (Å²) in [6.45, 7) is 5.23. The van der Waals surface area contributed by atoms with Gasteiger partial charge in [-0.3, -0.25) is 4.79 Å². The smallest absolute Gasteiger partial charge is 0.227 e. The molecule has 2 rings (SSSR count). The average Bonchev–Trinajstić information content (AvgIpc) is 2.95. The summed E-state index contributed by atoms with van der Waals surface area (Å²) in [5.41, 5.74) is 0.294. The summed E-state index contributed by atoms with van der Waals surface area (Å²) < 4.78 is 18.7. The van der Waals surface area contributed by atoms with Crippen LogP contribution in [0.15, 0.2) is 28.8 Å². The van der Waals surface area contributed by atoms with E-state index >= 15 is 0 Å². The van der Waals surface area contributed by atoms with E-state index in [1.54, 1.807) is 23.1 Å². The molecule has 0 radical (unpaired) electrons. The van der Waals surface area contributed by atoms with Gasteiger partial charge in [0, 0.05) is 25.9 Å². The van der Waals surface area contributed by atoms with Gasteiger partial charge < -0.3 is 9.42 Å². The molecule has 0 aliphatic rings. The number of hydrogen-bond acceptors (Lipinski definition) is 4. The zero-order chi connectivity index (χ0) is 15.2. The second-order valence-electron chi connectivity index (χ2n) is 4.56. The quantitative estimate of drug-likeness (QED) is 0.821. The largest absolute Gasteiger partial charge is 0.343 e. The molecule has 6 heteroatoms. The van der Waals surface area contributed by atoms with E-state index in [9.17, 15) is 9.18 Å². The van der Waals surface area contributed by atoms with Crippen molar-refractivity contribution in [3.05, 3.63) is 36.0 Å². The van der Waals surface area contributed by atoms with Crippen molar-refractivity contribution < 1.29 is 13.7 Å². The van der Waals surface area contributed by atoms with Crippen molar-refractivity contribution in [1.29, 1.82) is 0 Å². The predicted molar refractivity (Wildman–Crippen MR) is 75.9 cm³/mol. The van der Waals surface area contributed by atoms with Crippen molar-refractivity contribution in [1.82, 2.24) is 15.0 Å². The number of amides is 1. The second kappa shape index (κ2) is 6.97. The zero-order valence-corrected chi connectivity index (χ0v) is 12.2. The van der Waals surface area contributed by atoms with Crippen molar-refractivity contribution in [3.8, 4) is 11.4 Å². The van der Waals surface area contributed by atoms with Crippen LogP contribution < -0.4 is 0 Å². The summed E-state index contributed by atoms with van der Waals surface area (Å²) in [4.78, 5) is 17.8. The maximum atomic E-state index is 13.6. The molecular weight excluding hydrogens is 273 g/mol. The number of benzene rings is 1. The summed E-state index contributed by atoms with van der Waals surface area (Å²) in [6.07, 6.45) is 0.664. The third-order valence-electron chi connectivity index (χ3n) is 3.25. The fraction of sp³-hybridized carbons (Fsp3) is 0.400. The molecule has 5 nitrogen and oxygen atoms in total. The van der Waals surface area contributed by atoms with Crippen LogP contribution in [0, 0.1) is 5.82 Å². The van der Waals surface area contributed by atoms with Crippen molar-refractivity contribution in [2.75, 3.05) is 13.1 Å². The van der Waals surface area contributed by atoms with Crippen LogP contribution in [0.5, 0.6) is 0 Å². The summed E-state index contributed by atoms with van der Waals surface area (Å²) >= 11 is 0. The lowest BCUT2D eigenvalue weighted by molar-refractivity contribution is -0.130. The molecule has 0 aliphatic heterocycles. The standard InChI is InChI=1S/C15H18FN3O2/c1-3-19(4-2)14(20)10-9-13-17-15(18-21-13)11-7-5-6-8-12(11)16/h5-8H,3-4,9-10H2,1-2H3. The maximum absolute atomic E-state index is 13.6. The molecule has 0 aliphatic carbocycles. The summed E-state index contributed by atoms with van der Waals surface area (Å²) in [5, 5.41) is 3.76. The molecule has 0 unspecified atom stereocenters. The Morgan fingerprint density at radius 2 is 2.00 bits per heavy atom. The molecule has 1 amide bonds. The SMILES string of the molecule is CCN(CC)C(=O)CCc1nc(-c2ccccc2F)no1. The van der Waals surface area contributed by atoms with Crippen LogP contribution in [0.4, 0.5) is 4.39 Å². The van der Waals surface area contributed by atoms with Crippen LogP contribution in [-0.2, 0) is 11.2 Å². The van der Waals surface area contributed by atoms with Crippen molar-refractivity contribution in [2.45, 2.75) is 26.7 Å². The molecule has 1 aromatic heterocycles. The van der Waals surface area contributed by atoms with E-state index < -0.39 is 5.82 Å². The lowest BCUT2D eigenvalue weighted by Crippen LogP contribution is -2.30. The summed E-state index contributed by atoms with van der Waals surface area (Å²) in [7, 11) is 0. The van der Waals surface area contributed by atoms with Gasteiger partial charge in [-0.25, -0.2) is 4.39 Å². The van der Waals surface area contributed by atoms with Crippen LogP contribution >= 0.6 is 0 Å². The Morgan fingerprint density at radius 1 is 1.29 bits per heavy atom. The Hall–Kier alpha value is -2.24. The number of carbonyl (C=O) groups is 1. The van der Waals surface area contributed by atoms with E-state index in [2.05, 4.69) is 10.1 Å². The van der Waals surface area contributed by atoms with Crippen LogP contribution in [0.1, 0.15) is 26.2 Å².